The maximum atomic E-state index is 12.9. The Hall–Kier alpha value is -2.48. The van der Waals surface area contributed by atoms with Crippen LogP contribution in [0.3, 0.4) is 0 Å². The molecule has 186 valence electrons. The number of pyridine rings is 1. The van der Waals surface area contributed by atoms with Gasteiger partial charge in [-0.05, 0) is 61.6 Å². The van der Waals surface area contributed by atoms with E-state index in [1.54, 1.807) is 6.20 Å². The third-order valence-corrected chi connectivity index (χ3v) is 8.92. The Morgan fingerprint density at radius 3 is 2.57 bits per heavy atom. The fraction of sp³-hybridized carbons (Fsp3) is 0.571. The van der Waals surface area contributed by atoms with Crippen LogP contribution in [-0.2, 0) is 10.2 Å². The number of likely N-dealkylation sites (tertiary alicyclic amines) is 1. The van der Waals surface area contributed by atoms with Gasteiger partial charge in [0, 0.05) is 48.8 Å². The van der Waals surface area contributed by atoms with Crippen molar-refractivity contribution in [2.75, 3.05) is 38.6 Å². The van der Waals surface area contributed by atoms with Gasteiger partial charge >= 0.3 is 0 Å². The van der Waals surface area contributed by atoms with Crippen LogP contribution in [0.5, 0.6) is 0 Å². The van der Waals surface area contributed by atoms with Gasteiger partial charge in [-0.25, -0.2) is 4.98 Å². The van der Waals surface area contributed by atoms with Gasteiger partial charge in [0.15, 0.2) is 0 Å². The predicted molar refractivity (Wildman–Crippen MR) is 135 cm³/mol. The number of hydrogen-bond acceptors (Lipinski definition) is 6. The lowest BCUT2D eigenvalue weighted by Crippen LogP contribution is -2.44. The predicted octanol–water partition coefficient (Wildman–Crippen LogP) is 2.97. The minimum atomic E-state index is -0.249. The molecule has 4 fully saturated rings. The number of nitrogens with one attached hydrogen (secondary N) is 1. The Morgan fingerprint density at radius 1 is 1.14 bits per heavy atom. The summed E-state index contributed by atoms with van der Waals surface area (Å²) in [4.78, 5) is 19.9. The summed E-state index contributed by atoms with van der Waals surface area (Å²) < 4.78 is 5.38. The van der Waals surface area contributed by atoms with Crippen LogP contribution in [-0.4, -0.2) is 65.9 Å². The summed E-state index contributed by atoms with van der Waals surface area (Å²) in [6.45, 7) is 5.36. The van der Waals surface area contributed by atoms with E-state index in [2.05, 4.69) is 39.5 Å². The van der Waals surface area contributed by atoms with E-state index in [0.29, 0.717) is 16.9 Å². The number of benzene rings is 1. The molecule has 0 unspecified atom stereocenters. The summed E-state index contributed by atoms with van der Waals surface area (Å²) in [6, 6.07) is 10.8. The zero-order valence-corrected chi connectivity index (χ0v) is 20.3. The van der Waals surface area contributed by atoms with Crippen molar-refractivity contribution in [3.63, 3.8) is 0 Å². The molecule has 2 atom stereocenters. The van der Waals surface area contributed by atoms with Crippen molar-refractivity contribution in [1.29, 1.82) is 0 Å². The van der Waals surface area contributed by atoms with Gasteiger partial charge in [-0.1, -0.05) is 24.3 Å². The van der Waals surface area contributed by atoms with Crippen LogP contribution < -0.4 is 11.1 Å². The van der Waals surface area contributed by atoms with Crippen LogP contribution in [0.1, 0.15) is 54.4 Å². The van der Waals surface area contributed by atoms with E-state index in [4.69, 9.17) is 10.5 Å². The number of rotatable bonds is 6. The van der Waals surface area contributed by atoms with E-state index >= 15 is 0 Å². The number of aliphatic hydroxyl groups excluding tert-OH is 1. The van der Waals surface area contributed by atoms with Gasteiger partial charge in [0.2, 0.25) is 0 Å². The second kappa shape index (κ2) is 9.19. The Bertz CT molecular complexity index is 1080. The number of hydrogen-bond donors (Lipinski definition) is 3. The lowest BCUT2D eigenvalue weighted by Gasteiger charge is -2.45. The number of carbonyl (C=O) groups excluding carboxylic acids is 1. The second-order valence-corrected chi connectivity index (χ2v) is 11.2. The van der Waals surface area contributed by atoms with Crippen molar-refractivity contribution in [2.24, 2.45) is 11.8 Å². The minimum Gasteiger partial charge on any atom is -0.393 e. The molecular weight excluding hydrogens is 440 g/mol. The van der Waals surface area contributed by atoms with Crippen LogP contribution in [0.2, 0.25) is 0 Å². The molecule has 4 N–H and O–H groups in total. The number of anilines is 1. The molecule has 3 heterocycles. The van der Waals surface area contributed by atoms with Crippen molar-refractivity contribution in [1.82, 2.24) is 15.2 Å². The number of aromatic nitrogens is 1. The molecule has 2 aliphatic carbocycles. The summed E-state index contributed by atoms with van der Waals surface area (Å²) in [7, 11) is 0. The highest BCUT2D eigenvalue weighted by Crippen LogP contribution is 2.53. The molecular formula is C28H36N4O3. The van der Waals surface area contributed by atoms with Crippen molar-refractivity contribution in [2.45, 2.75) is 56.1 Å². The molecule has 7 nitrogen and oxygen atoms in total. The van der Waals surface area contributed by atoms with E-state index in [-0.39, 0.29) is 23.9 Å². The Morgan fingerprint density at radius 2 is 1.91 bits per heavy atom. The number of ether oxygens (including phenoxy) is 1. The van der Waals surface area contributed by atoms with Crippen LogP contribution in [0.25, 0.3) is 11.1 Å². The summed E-state index contributed by atoms with van der Waals surface area (Å²) in [6.07, 6.45) is 7.10. The standard InChI is InChI=1S/C28H36N4O3/c29-26-25(27(34)31-23-5-7-24(33)8-6-23)11-20(12-30-26)19-1-3-21(4-2-19)28-10-9-22(28)14-32(17-28)13-18-15-35-16-18/h1-4,11-12,18,22-24,33H,5-10,13-17H2,(H2,29,30)(H,31,34)/t22-,23-,24-,28+/m1/s1. The van der Waals surface area contributed by atoms with Gasteiger partial charge in [0.25, 0.3) is 5.91 Å². The van der Waals surface area contributed by atoms with Crippen molar-refractivity contribution in [3.05, 3.63) is 47.7 Å². The molecule has 1 aromatic heterocycles. The quantitative estimate of drug-likeness (QED) is 0.593. The molecule has 4 aliphatic rings. The van der Waals surface area contributed by atoms with Gasteiger partial charge in [-0.2, -0.15) is 0 Å². The number of nitrogens with zero attached hydrogens (tertiary/aromatic N) is 2. The lowest BCUT2D eigenvalue weighted by molar-refractivity contribution is -0.0444. The number of nitrogens with two attached hydrogens (primary N) is 1. The van der Waals surface area contributed by atoms with Gasteiger partial charge < -0.3 is 25.8 Å². The fourth-order valence-corrected chi connectivity index (χ4v) is 6.60. The zero-order valence-electron chi connectivity index (χ0n) is 20.3. The van der Waals surface area contributed by atoms with Crippen LogP contribution >= 0.6 is 0 Å². The number of nitrogen functional groups attached to an aromatic ring is 1. The molecule has 1 amide bonds. The first kappa shape index (κ1) is 23.0. The molecule has 2 aromatic rings. The molecule has 0 spiro atoms. The number of amides is 1. The van der Waals surface area contributed by atoms with E-state index in [1.165, 1.54) is 31.5 Å². The molecule has 0 radical (unpaired) electrons. The fourth-order valence-electron chi connectivity index (χ4n) is 6.60. The Kier molecular flexibility index (Phi) is 6.03. The highest BCUT2D eigenvalue weighted by atomic mass is 16.5. The van der Waals surface area contributed by atoms with Gasteiger partial charge in [0.05, 0.1) is 24.9 Å². The topological polar surface area (TPSA) is 101 Å². The van der Waals surface area contributed by atoms with Crippen molar-refractivity contribution in [3.8, 4) is 11.1 Å². The van der Waals surface area contributed by atoms with Gasteiger partial charge in [-0.3, -0.25) is 4.79 Å². The largest absolute Gasteiger partial charge is 0.393 e. The van der Waals surface area contributed by atoms with E-state index < -0.39 is 0 Å². The molecule has 1 aromatic carbocycles. The summed E-state index contributed by atoms with van der Waals surface area (Å²) >= 11 is 0. The first-order chi connectivity index (χ1) is 17.0. The van der Waals surface area contributed by atoms with E-state index in [0.717, 1.165) is 62.5 Å². The minimum absolute atomic E-state index is 0.0747. The molecule has 35 heavy (non-hydrogen) atoms. The zero-order chi connectivity index (χ0) is 24.0. The SMILES string of the molecule is Nc1ncc(-c2ccc([C@@]34CC[C@@H]3CN(CC3COC3)C4)cc2)cc1C(=O)N[C@H]1CC[C@H](O)CC1. The molecule has 2 saturated carbocycles. The average Bonchev–Trinajstić information content (AvgIpc) is 3.08. The first-order valence-electron chi connectivity index (χ1n) is 13.2. The number of aliphatic hydroxyl groups is 1. The maximum Gasteiger partial charge on any atom is 0.255 e. The average molecular weight is 477 g/mol. The van der Waals surface area contributed by atoms with E-state index in [9.17, 15) is 9.90 Å². The van der Waals surface area contributed by atoms with Crippen LogP contribution in [0, 0.1) is 11.8 Å². The number of fused-ring (bicyclic) bond motifs is 1. The smallest absolute Gasteiger partial charge is 0.255 e. The highest BCUT2D eigenvalue weighted by molar-refractivity contribution is 5.99. The molecule has 2 aliphatic heterocycles. The Balaban J connectivity index is 1.16. The van der Waals surface area contributed by atoms with Gasteiger partial charge in [-0.15, -0.1) is 0 Å². The lowest BCUT2D eigenvalue weighted by atomic mass is 9.58. The van der Waals surface area contributed by atoms with Crippen molar-refractivity contribution >= 4 is 11.7 Å². The summed E-state index contributed by atoms with van der Waals surface area (Å²) in [5.41, 5.74) is 10.2. The summed E-state index contributed by atoms with van der Waals surface area (Å²) in [5.74, 6) is 1.52. The van der Waals surface area contributed by atoms with E-state index in [1.807, 2.05) is 6.07 Å². The second-order valence-electron chi connectivity index (χ2n) is 11.2. The maximum absolute atomic E-state index is 12.9. The normalized spacial score (nSPS) is 30.8. The summed E-state index contributed by atoms with van der Waals surface area (Å²) in [5, 5.41) is 12.8. The van der Waals surface area contributed by atoms with Crippen LogP contribution in [0.15, 0.2) is 36.5 Å². The monoisotopic (exact) mass is 476 g/mol. The molecule has 7 heteroatoms. The number of carbonyl (C=O) groups is 1. The van der Waals surface area contributed by atoms with Crippen molar-refractivity contribution < 1.29 is 14.6 Å². The first-order valence-corrected chi connectivity index (χ1v) is 13.2. The highest BCUT2D eigenvalue weighted by Gasteiger charge is 2.53. The molecule has 0 bridgehead atoms. The van der Waals surface area contributed by atoms with Gasteiger partial charge in [0.1, 0.15) is 5.82 Å². The third kappa shape index (κ3) is 4.34. The molecule has 2 saturated heterocycles. The Labute approximate surface area is 207 Å². The molecule has 6 rings (SSSR count). The third-order valence-electron chi connectivity index (χ3n) is 8.92. The van der Waals surface area contributed by atoms with Crippen LogP contribution in [0.4, 0.5) is 5.82 Å².